The maximum absolute atomic E-state index is 13.4. The van der Waals surface area contributed by atoms with Crippen molar-refractivity contribution in [3.8, 4) is 17.5 Å². The van der Waals surface area contributed by atoms with Crippen LogP contribution in [0.1, 0.15) is 40.6 Å². The van der Waals surface area contributed by atoms with E-state index in [1.165, 1.54) is 5.56 Å². The fourth-order valence-electron chi connectivity index (χ4n) is 4.10. The first kappa shape index (κ1) is 19.5. The van der Waals surface area contributed by atoms with Crippen LogP contribution in [0.5, 0.6) is 0 Å². The van der Waals surface area contributed by atoms with E-state index >= 15 is 0 Å². The largest absolute Gasteiger partial charge is 0.440 e. The number of piperazine rings is 1. The number of oxazole rings is 1. The Morgan fingerprint density at radius 2 is 1.77 bits per heavy atom. The molecule has 1 aliphatic carbocycles. The van der Waals surface area contributed by atoms with E-state index in [2.05, 4.69) is 28.1 Å². The molecule has 1 saturated heterocycles. The van der Waals surface area contributed by atoms with Crippen molar-refractivity contribution in [3.05, 3.63) is 77.7 Å². The van der Waals surface area contributed by atoms with Gasteiger partial charge in [-0.1, -0.05) is 48.5 Å². The Labute approximate surface area is 181 Å². The third-order valence-corrected chi connectivity index (χ3v) is 5.98. The fourth-order valence-corrected chi connectivity index (χ4v) is 4.10. The molecule has 0 bridgehead atoms. The highest BCUT2D eigenvalue weighted by molar-refractivity contribution is 5.94. The topological polar surface area (TPSA) is 73.4 Å². The lowest BCUT2D eigenvalue weighted by Gasteiger charge is -2.38. The van der Waals surface area contributed by atoms with Gasteiger partial charge in [0.05, 0.1) is 12.6 Å². The summed E-state index contributed by atoms with van der Waals surface area (Å²) in [6.07, 6.45) is 2.05. The molecule has 1 amide bonds. The molecular weight excluding hydrogens is 388 g/mol. The fraction of sp³-hybridized carbons (Fsp3) is 0.320. The summed E-state index contributed by atoms with van der Waals surface area (Å²) in [5.41, 5.74) is 2.45. The monoisotopic (exact) mass is 412 g/mol. The number of benzene rings is 2. The van der Waals surface area contributed by atoms with E-state index in [0.29, 0.717) is 43.5 Å². The van der Waals surface area contributed by atoms with Gasteiger partial charge in [0.15, 0.2) is 5.69 Å². The van der Waals surface area contributed by atoms with Crippen molar-refractivity contribution < 1.29 is 9.21 Å². The van der Waals surface area contributed by atoms with Gasteiger partial charge >= 0.3 is 0 Å². The zero-order chi connectivity index (χ0) is 21.2. The molecule has 5 rings (SSSR count). The molecule has 1 unspecified atom stereocenters. The molecule has 1 saturated carbocycles. The smallest absolute Gasteiger partial charge is 0.276 e. The molecule has 2 heterocycles. The molecule has 31 heavy (non-hydrogen) atoms. The third-order valence-electron chi connectivity index (χ3n) is 5.98. The number of rotatable bonds is 5. The molecular formula is C25H24N4O2. The summed E-state index contributed by atoms with van der Waals surface area (Å²) in [4.78, 5) is 21.9. The number of hydrogen-bond acceptors (Lipinski definition) is 5. The van der Waals surface area contributed by atoms with Gasteiger partial charge in [0, 0.05) is 31.1 Å². The molecule has 2 fully saturated rings. The highest BCUT2D eigenvalue weighted by Crippen LogP contribution is 2.43. The second kappa shape index (κ2) is 8.37. The molecule has 1 aliphatic heterocycles. The first-order valence-electron chi connectivity index (χ1n) is 10.8. The van der Waals surface area contributed by atoms with Crippen molar-refractivity contribution in [1.29, 1.82) is 5.26 Å². The normalized spacial score (nSPS) is 19.2. The van der Waals surface area contributed by atoms with Gasteiger partial charge < -0.3 is 9.32 Å². The van der Waals surface area contributed by atoms with Gasteiger partial charge in [0.1, 0.15) is 11.8 Å². The molecule has 156 valence electrons. The number of hydrogen-bond donors (Lipinski definition) is 0. The molecule has 1 atom stereocenters. The Kier molecular flexibility index (Phi) is 5.27. The van der Waals surface area contributed by atoms with E-state index < -0.39 is 0 Å². The van der Waals surface area contributed by atoms with Gasteiger partial charge in [-0.05, 0) is 30.5 Å². The minimum absolute atomic E-state index is 0.132. The molecule has 6 heteroatoms. The van der Waals surface area contributed by atoms with Crippen LogP contribution in [-0.4, -0.2) is 46.4 Å². The van der Waals surface area contributed by atoms with Crippen LogP contribution in [0.2, 0.25) is 0 Å². The summed E-state index contributed by atoms with van der Waals surface area (Å²) in [5, 5.41) is 9.75. The van der Waals surface area contributed by atoms with E-state index in [0.717, 1.165) is 18.4 Å². The van der Waals surface area contributed by atoms with Crippen molar-refractivity contribution in [2.75, 3.05) is 19.6 Å². The molecule has 0 radical (unpaired) electrons. The summed E-state index contributed by atoms with van der Waals surface area (Å²) in [6, 6.07) is 21.8. The Morgan fingerprint density at radius 3 is 2.45 bits per heavy atom. The molecule has 3 aromatic rings. The van der Waals surface area contributed by atoms with Crippen molar-refractivity contribution in [2.24, 2.45) is 0 Å². The van der Waals surface area contributed by atoms with Gasteiger partial charge in [-0.2, -0.15) is 5.26 Å². The first-order chi connectivity index (χ1) is 15.2. The molecule has 0 N–H and O–H groups in total. The molecule has 2 aliphatic rings. The van der Waals surface area contributed by atoms with Crippen LogP contribution in [0.4, 0.5) is 0 Å². The number of carbonyl (C=O) groups excluding carboxylic acids is 1. The molecule has 1 aromatic heterocycles. The highest BCUT2D eigenvalue weighted by atomic mass is 16.4. The predicted molar refractivity (Wildman–Crippen MR) is 116 cm³/mol. The van der Waals surface area contributed by atoms with Gasteiger partial charge in [-0.15, -0.1) is 0 Å². The predicted octanol–water partition coefficient (Wildman–Crippen LogP) is 4.07. The molecule has 2 aromatic carbocycles. The lowest BCUT2D eigenvalue weighted by atomic mass is 10.1. The van der Waals surface area contributed by atoms with Crippen LogP contribution in [0.3, 0.4) is 0 Å². The minimum atomic E-state index is -0.345. The van der Waals surface area contributed by atoms with E-state index in [1.54, 1.807) is 4.90 Å². The van der Waals surface area contributed by atoms with Crippen LogP contribution in [0, 0.1) is 11.3 Å². The summed E-state index contributed by atoms with van der Waals surface area (Å²) >= 11 is 0. The van der Waals surface area contributed by atoms with E-state index in [4.69, 9.17) is 4.42 Å². The van der Waals surface area contributed by atoms with Crippen molar-refractivity contribution >= 4 is 5.91 Å². The Hall–Kier alpha value is -3.43. The minimum Gasteiger partial charge on any atom is -0.440 e. The molecule has 6 nitrogen and oxygen atoms in total. The Morgan fingerprint density at radius 1 is 1.06 bits per heavy atom. The van der Waals surface area contributed by atoms with Gasteiger partial charge in [0.2, 0.25) is 5.89 Å². The van der Waals surface area contributed by atoms with Crippen LogP contribution in [0.25, 0.3) is 11.5 Å². The standard InChI is InChI=1S/C25H24N4O2/c26-15-21-17-29(14-13-28(21)16-18-7-3-1-4-8-18)25(30)22-23(19-11-12-19)31-24(27-22)20-9-5-2-6-10-20/h1-10,19,21H,11-14,16-17H2. The van der Waals surface area contributed by atoms with Crippen molar-refractivity contribution in [1.82, 2.24) is 14.8 Å². The third kappa shape index (κ3) is 4.10. The average molecular weight is 412 g/mol. The zero-order valence-corrected chi connectivity index (χ0v) is 17.3. The van der Waals surface area contributed by atoms with Gasteiger partial charge in [-0.3, -0.25) is 9.69 Å². The van der Waals surface area contributed by atoms with E-state index in [1.807, 2.05) is 48.5 Å². The number of aromatic nitrogens is 1. The van der Waals surface area contributed by atoms with Crippen LogP contribution >= 0.6 is 0 Å². The Bertz CT molecular complexity index is 1100. The van der Waals surface area contributed by atoms with Crippen LogP contribution in [-0.2, 0) is 6.54 Å². The summed E-state index contributed by atoms with van der Waals surface area (Å²) in [6.45, 7) is 2.30. The quantitative estimate of drug-likeness (QED) is 0.632. The molecule has 0 spiro atoms. The van der Waals surface area contributed by atoms with E-state index in [-0.39, 0.29) is 17.9 Å². The first-order valence-corrected chi connectivity index (χ1v) is 10.8. The SMILES string of the molecule is N#CC1CN(C(=O)c2nc(-c3ccccc3)oc2C2CC2)CCN1Cc1ccccc1. The number of nitrogens with zero attached hydrogens (tertiary/aromatic N) is 4. The number of nitriles is 1. The van der Waals surface area contributed by atoms with Gasteiger partial charge in [0.25, 0.3) is 5.91 Å². The number of carbonyl (C=O) groups is 1. The maximum atomic E-state index is 13.4. The summed E-state index contributed by atoms with van der Waals surface area (Å²) in [7, 11) is 0. The highest BCUT2D eigenvalue weighted by Gasteiger charge is 2.37. The van der Waals surface area contributed by atoms with Crippen LogP contribution < -0.4 is 0 Å². The van der Waals surface area contributed by atoms with Crippen molar-refractivity contribution in [3.63, 3.8) is 0 Å². The summed E-state index contributed by atoms with van der Waals surface area (Å²) < 4.78 is 6.06. The van der Waals surface area contributed by atoms with Crippen LogP contribution in [0.15, 0.2) is 65.1 Å². The van der Waals surface area contributed by atoms with Crippen molar-refractivity contribution in [2.45, 2.75) is 31.3 Å². The lowest BCUT2D eigenvalue weighted by molar-refractivity contribution is 0.0545. The average Bonchev–Trinajstić information content (AvgIpc) is 3.58. The second-order valence-electron chi connectivity index (χ2n) is 8.22. The van der Waals surface area contributed by atoms with E-state index in [9.17, 15) is 10.1 Å². The summed E-state index contributed by atoms with van der Waals surface area (Å²) in [5.74, 6) is 1.33. The Balaban J connectivity index is 1.35. The lowest BCUT2D eigenvalue weighted by Crippen LogP contribution is -2.54. The number of amides is 1. The zero-order valence-electron chi connectivity index (χ0n) is 17.3. The van der Waals surface area contributed by atoms with Gasteiger partial charge in [-0.25, -0.2) is 4.98 Å². The second-order valence-corrected chi connectivity index (χ2v) is 8.22. The maximum Gasteiger partial charge on any atom is 0.276 e.